The fourth-order valence-corrected chi connectivity index (χ4v) is 2.02. The van der Waals surface area contributed by atoms with Crippen LogP contribution in [0.5, 0.6) is 0 Å². The summed E-state index contributed by atoms with van der Waals surface area (Å²) >= 11 is 5.96. The van der Waals surface area contributed by atoms with E-state index >= 15 is 0 Å². The van der Waals surface area contributed by atoms with Gasteiger partial charge >= 0.3 is 0 Å². The van der Waals surface area contributed by atoms with Gasteiger partial charge in [-0.3, -0.25) is 0 Å². The monoisotopic (exact) mass is 301 g/mol. The number of halogens is 1. The van der Waals surface area contributed by atoms with E-state index in [0.717, 1.165) is 5.56 Å². The van der Waals surface area contributed by atoms with Gasteiger partial charge in [-0.05, 0) is 31.5 Å². The number of aliphatic hydroxyl groups is 1. The molecule has 0 bridgehead atoms. The van der Waals surface area contributed by atoms with Gasteiger partial charge in [0.05, 0.1) is 25.4 Å². The summed E-state index contributed by atoms with van der Waals surface area (Å²) in [5.41, 5.74) is 1.10. The molecule has 0 aliphatic heterocycles. The molecule has 3 atom stereocenters. The highest BCUT2D eigenvalue weighted by Crippen LogP contribution is 2.17. The molecule has 4 nitrogen and oxygen atoms in total. The second-order valence-corrected chi connectivity index (χ2v) is 5.37. The first-order valence-corrected chi connectivity index (χ1v) is 7.18. The molecular weight excluding hydrogens is 278 g/mol. The van der Waals surface area contributed by atoms with E-state index in [2.05, 4.69) is 5.32 Å². The van der Waals surface area contributed by atoms with Crippen molar-refractivity contribution in [3.05, 3.63) is 34.9 Å². The number of nitrogens with one attached hydrogen (secondary N) is 1. The van der Waals surface area contributed by atoms with Crippen LogP contribution in [0.15, 0.2) is 24.3 Å². The summed E-state index contributed by atoms with van der Waals surface area (Å²) in [5.74, 6) is 0. The maximum atomic E-state index is 9.86. The van der Waals surface area contributed by atoms with Crippen molar-refractivity contribution in [2.75, 3.05) is 26.9 Å². The Balaban J connectivity index is 2.28. The smallest absolute Gasteiger partial charge is 0.0898 e. The molecule has 2 N–H and O–H groups in total. The van der Waals surface area contributed by atoms with Crippen LogP contribution in [0.25, 0.3) is 0 Å². The SMILES string of the molecule is COCC(C)OCC(O)CN[C@@H](C)c1cccc(Cl)c1. The van der Waals surface area contributed by atoms with Gasteiger partial charge in [0.25, 0.3) is 0 Å². The Labute approximate surface area is 126 Å². The minimum absolute atomic E-state index is 0.0139. The minimum Gasteiger partial charge on any atom is -0.389 e. The van der Waals surface area contributed by atoms with Crippen molar-refractivity contribution >= 4 is 11.6 Å². The Hall–Kier alpha value is -0.650. The molecule has 0 spiro atoms. The van der Waals surface area contributed by atoms with Gasteiger partial charge in [0.2, 0.25) is 0 Å². The summed E-state index contributed by atoms with van der Waals surface area (Å²) in [7, 11) is 1.63. The summed E-state index contributed by atoms with van der Waals surface area (Å²) in [6.07, 6.45) is -0.559. The zero-order chi connectivity index (χ0) is 15.0. The largest absolute Gasteiger partial charge is 0.389 e. The van der Waals surface area contributed by atoms with Crippen molar-refractivity contribution in [3.8, 4) is 0 Å². The topological polar surface area (TPSA) is 50.7 Å². The Morgan fingerprint density at radius 3 is 2.70 bits per heavy atom. The summed E-state index contributed by atoms with van der Waals surface area (Å²) in [4.78, 5) is 0. The summed E-state index contributed by atoms with van der Waals surface area (Å²) < 4.78 is 10.4. The Morgan fingerprint density at radius 2 is 2.05 bits per heavy atom. The van der Waals surface area contributed by atoms with Gasteiger partial charge < -0.3 is 19.9 Å². The summed E-state index contributed by atoms with van der Waals surface area (Å²) in [6, 6.07) is 7.81. The van der Waals surface area contributed by atoms with Crippen LogP contribution < -0.4 is 5.32 Å². The van der Waals surface area contributed by atoms with Crippen LogP contribution in [0.3, 0.4) is 0 Å². The van der Waals surface area contributed by atoms with Gasteiger partial charge in [-0.1, -0.05) is 23.7 Å². The lowest BCUT2D eigenvalue weighted by Gasteiger charge is -2.19. The van der Waals surface area contributed by atoms with Crippen molar-refractivity contribution < 1.29 is 14.6 Å². The van der Waals surface area contributed by atoms with E-state index in [0.29, 0.717) is 24.8 Å². The maximum Gasteiger partial charge on any atom is 0.0898 e. The molecule has 0 saturated carbocycles. The van der Waals surface area contributed by atoms with E-state index in [1.54, 1.807) is 7.11 Å². The molecule has 114 valence electrons. The molecule has 5 heteroatoms. The number of hydrogen-bond acceptors (Lipinski definition) is 4. The molecular formula is C15H24ClNO3. The van der Waals surface area contributed by atoms with Crippen LogP contribution >= 0.6 is 11.6 Å². The van der Waals surface area contributed by atoms with Crippen LogP contribution in [0.2, 0.25) is 5.02 Å². The Bertz CT molecular complexity index is 389. The number of hydrogen-bond donors (Lipinski definition) is 2. The first-order chi connectivity index (χ1) is 9.52. The van der Waals surface area contributed by atoms with E-state index in [4.69, 9.17) is 21.1 Å². The fourth-order valence-electron chi connectivity index (χ4n) is 1.82. The van der Waals surface area contributed by atoms with Crippen LogP contribution in [-0.4, -0.2) is 44.2 Å². The third kappa shape index (κ3) is 6.68. The number of benzene rings is 1. The second-order valence-electron chi connectivity index (χ2n) is 4.94. The molecule has 0 aliphatic carbocycles. The van der Waals surface area contributed by atoms with Crippen molar-refractivity contribution in [1.29, 1.82) is 0 Å². The third-order valence-corrected chi connectivity index (χ3v) is 3.22. The molecule has 0 aliphatic rings. The molecule has 20 heavy (non-hydrogen) atoms. The van der Waals surface area contributed by atoms with Gasteiger partial charge in [-0.15, -0.1) is 0 Å². The highest BCUT2D eigenvalue weighted by molar-refractivity contribution is 6.30. The highest BCUT2D eigenvalue weighted by Gasteiger charge is 2.11. The quantitative estimate of drug-likeness (QED) is 0.735. The Morgan fingerprint density at radius 1 is 1.30 bits per heavy atom. The van der Waals surface area contributed by atoms with Crippen LogP contribution in [0, 0.1) is 0 Å². The normalized spacial score (nSPS) is 15.8. The molecule has 1 aromatic carbocycles. The van der Waals surface area contributed by atoms with Crippen LogP contribution in [0.4, 0.5) is 0 Å². The maximum absolute atomic E-state index is 9.86. The lowest BCUT2D eigenvalue weighted by atomic mass is 10.1. The number of ether oxygens (including phenoxy) is 2. The standard InChI is InChI=1S/C15H24ClNO3/c1-11(9-19-3)20-10-15(18)8-17-12(2)13-5-4-6-14(16)7-13/h4-7,11-12,15,17-18H,8-10H2,1-3H3/t11?,12-,15?/m0/s1. The zero-order valence-electron chi connectivity index (χ0n) is 12.3. The fraction of sp³-hybridized carbons (Fsp3) is 0.600. The van der Waals surface area contributed by atoms with Gasteiger partial charge in [0.15, 0.2) is 0 Å². The molecule has 0 aromatic heterocycles. The van der Waals surface area contributed by atoms with Crippen molar-refractivity contribution in [2.24, 2.45) is 0 Å². The van der Waals surface area contributed by atoms with E-state index in [9.17, 15) is 5.11 Å². The first kappa shape index (κ1) is 17.4. The number of rotatable bonds is 9. The van der Waals surface area contributed by atoms with Crippen LogP contribution in [0.1, 0.15) is 25.5 Å². The lowest BCUT2D eigenvalue weighted by molar-refractivity contribution is -0.0315. The van der Waals surface area contributed by atoms with Gasteiger partial charge in [0, 0.05) is 24.7 Å². The average molecular weight is 302 g/mol. The molecule has 1 rings (SSSR count). The Kier molecular flexibility index (Phi) is 8.11. The second kappa shape index (κ2) is 9.32. The van der Waals surface area contributed by atoms with Crippen molar-refractivity contribution in [3.63, 3.8) is 0 Å². The van der Waals surface area contributed by atoms with Gasteiger partial charge in [-0.2, -0.15) is 0 Å². The van der Waals surface area contributed by atoms with E-state index in [-0.39, 0.29) is 12.1 Å². The molecule has 0 amide bonds. The molecule has 0 saturated heterocycles. The lowest BCUT2D eigenvalue weighted by Crippen LogP contribution is -2.33. The van der Waals surface area contributed by atoms with Gasteiger partial charge in [0.1, 0.15) is 0 Å². The molecule has 0 radical (unpaired) electrons. The van der Waals surface area contributed by atoms with E-state index in [1.165, 1.54) is 0 Å². The molecule has 0 fully saturated rings. The zero-order valence-corrected chi connectivity index (χ0v) is 13.1. The minimum atomic E-state index is -0.545. The van der Waals surface area contributed by atoms with Crippen LogP contribution in [-0.2, 0) is 9.47 Å². The molecule has 2 unspecified atom stereocenters. The number of aliphatic hydroxyl groups excluding tert-OH is 1. The molecule has 1 aromatic rings. The van der Waals surface area contributed by atoms with Crippen molar-refractivity contribution in [2.45, 2.75) is 32.1 Å². The van der Waals surface area contributed by atoms with E-state index in [1.807, 2.05) is 38.1 Å². The predicted molar refractivity (Wildman–Crippen MR) is 81.2 cm³/mol. The van der Waals surface area contributed by atoms with Crippen molar-refractivity contribution in [1.82, 2.24) is 5.32 Å². The third-order valence-electron chi connectivity index (χ3n) is 2.98. The summed E-state index contributed by atoms with van der Waals surface area (Å²) in [5, 5.41) is 13.8. The predicted octanol–water partition coefficient (Wildman–Crippen LogP) is 2.40. The average Bonchev–Trinajstić information content (AvgIpc) is 2.43. The van der Waals surface area contributed by atoms with Gasteiger partial charge in [-0.25, -0.2) is 0 Å². The summed E-state index contributed by atoms with van der Waals surface area (Å²) in [6.45, 7) is 5.23. The molecule has 0 heterocycles. The highest BCUT2D eigenvalue weighted by atomic mass is 35.5. The number of methoxy groups -OCH3 is 1. The van der Waals surface area contributed by atoms with E-state index < -0.39 is 6.10 Å². The first-order valence-electron chi connectivity index (χ1n) is 6.80.